The van der Waals surface area contributed by atoms with Gasteiger partial charge in [-0.05, 0) is 30.3 Å². The third-order valence-electron chi connectivity index (χ3n) is 4.90. The van der Waals surface area contributed by atoms with Crippen LogP contribution in [0.1, 0.15) is 34.1 Å². The minimum absolute atomic E-state index is 0.0775. The molecule has 1 amide bonds. The molecule has 4 rings (SSSR count). The fraction of sp³-hybridized carbons (Fsp3) is 0.263. The van der Waals surface area contributed by atoms with Crippen LogP contribution in [0.5, 0.6) is 5.75 Å². The molecule has 1 saturated heterocycles. The van der Waals surface area contributed by atoms with Crippen molar-refractivity contribution in [3.8, 4) is 11.8 Å². The number of carbonyl (C=O) groups is 1. The molecule has 1 fully saturated rings. The lowest BCUT2D eigenvalue weighted by atomic mass is 10.0. The summed E-state index contributed by atoms with van der Waals surface area (Å²) in [4.78, 5) is 16.5. The summed E-state index contributed by atoms with van der Waals surface area (Å²) < 4.78 is 20.0. The largest absolute Gasteiger partial charge is 0.593 e. The number of hydrogen-bond acceptors (Lipinski definition) is 6. The fourth-order valence-electron chi connectivity index (χ4n) is 3.36. The molecule has 9 nitrogen and oxygen atoms in total. The fourth-order valence-corrected chi connectivity index (χ4v) is 4.75. The Hall–Kier alpha value is -3.29. The van der Waals surface area contributed by atoms with Gasteiger partial charge < -0.3 is 19.9 Å². The summed E-state index contributed by atoms with van der Waals surface area (Å²) in [5.74, 6) is 0.302. The first-order chi connectivity index (χ1) is 14.0. The van der Waals surface area contributed by atoms with E-state index < -0.39 is 17.3 Å². The molecule has 2 aliphatic heterocycles. The van der Waals surface area contributed by atoms with Gasteiger partial charge in [0.15, 0.2) is 5.25 Å². The van der Waals surface area contributed by atoms with Crippen molar-refractivity contribution in [3.05, 3.63) is 53.3 Å². The molecule has 0 bridgehead atoms. The highest BCUT2D eigenvalue weighted by Crippen LogP contribution is 2.39. The maximum atomic E-state index is 12.7. The zero-order valence-electron chi connectivity index (χ0n) is 15.5. The Balaban J connectivity index is 1.61. The molecular weight excluding hydrogens is 392 g/mol. The highest BCUT2D eigenvalue weighted by Gasteiger charge is 2.45. The standard InChI is InChI=1S/C19H18N6O3S/c1-25-19(21)24-17-13-8-12(3-5-15(13)28-7-6-16(17)29(25)27)23-18(26)14-4-2-11(9-20)10-22-14/h2-5,8,10,16-17H,6-7H2,1H3,(H2,21,24)(H,23,26). The first kappa shape index (κ1) is 19.0. The van der Waals surface area contributed by atoms with Crippen LogP contribution in [-0.4, -0.2) is 44.6 Å². The number of nitrogens with zero attached hydrogens (tertiary/aromatic N) is 3. The van der Waals surface area contributed by atoms with Gasteiger partial charge in [-0.2, -0.15) is 9.57 Å². The molecule has 0 radical (unpaired) electrons. The molecule has 3 unspecified atom stereocenters. The van der Waals surface area contributed by atoms with Crippen molar-refractivity contribution in [2.24, 2.45) is 0 Å². The molecule has 10 heteroatoms. The number of carbonyl (C=O) groups excluding carboxylic acids is 1. The molecule has 29 heavy (non-hydrogen) atoms. The van der Waals surface area contributed by atoms with Crippen molar-refractivity contribution in [2.75, 3.05) is 19.0 Å². The number of anilines is 1. The number of amides is 1. The zero-order chi connectivity index (χ0) is 20.5. The van der Waals surface area contributed by atoms with Crippen molar-refractivity contribution in [2.45, 2.75) is 17.7 Å². The van der Waals surface area contributed by atoms with E-state index in [-0.39, 0.29) is 22.9 Å². The molecule has 3 N–H and O–H groups in total. The second kappa shape index (κ2) is 7.62. The van der Waals surface area contributed by atoms with E-state index in [1.807, 2.05) is 6.07 Å². The van der Waals surface area contributed by atoms with Crippen LogP contribution in [0, 0.1) is 16.7 Å². The summed E-state index contributed by atoms with van der Waals surface area (Å²) in [6.45, 7) is 0.420. The Kier molecular flexibility index (Phi) is 5.00. The van der Waals surface area contributed by atoms with Crippen molar-refractivity contribution in [3.63, 3.8) is 0 Å². The predicted molar refractivity (Wildman–Crippen MR) is 107 cm³/mol. The van der Waals surface area contributed by atoms with E-state index in [0.717, 1.165) is 5.56 Å². The molecule has 3 heterocycles. The summed E-state index contributed by atoms with van der Waals surface area (Å²) >= 11 is -1.36. The SMILES string of the molecule is CN1C(=N)NC2c3cc(NC(=O)c4ccc(C#N)cn4)ccc3OCCC2[S+]1[O-]. The molecule has 2 aromatic rings. The van der Waals surface area contributed by atoms with Gasteiger partial charge >= 0.3 is 0 Å². The number of benzene rings is 1. The van der Waals surface area contributed by atoms with Crippen LogP contribution < -0.4 is 15.4 Å². The molecule has 0 spiro atoms. The average molecular weight is 410 g/mol. The summed E-state index contributed by atoms with van der Waals surface area (Å²) in [6, 6.07) is 9.86. The van der Waals surface area contributed by atoms with E-state index in [1.165, 1.54) is 22.6 Å². The Bertz CT molecular complexity index is 1010. The van der Waals surface area contributed by atoms with Crippen molar-refractivity contribution < 1.29 is 14.1 Å². The number of rotatable bonds is 2. The number of pyridine rings is 1. The van der Waals surface area contributed by atoms with Gasteiger partial charge in [-0.15, -0.1) is 0 Å². The summed E-state index contributed by atoms with van der Waals surface area (Å²) in [6.07, 6.45) is 1.92. The van der Waals surface area contributed by atoms with E-state index in [4.69, 9.17) is 15.4 Å². The highest BCUT2D eigenvalue weighted by molar-refractivity contribution is 7.90. The molecule has 0 saturated carbocycles. The quantitative estimate of drug-likeness (QED) is 0.639. The second-order valence-corrected chi connectivity index (χ2v) is 8.38. The van der Waals surface area contributed by atoms with Crippen LogP contribution in [0.15, 0.2) is 36.5 Å². The number of nitriles is 1. The van der Waals surface area contributed by atoms with Gasteiger partial charge in [0, 0.05) is 23.9 Å². The predicted octanol–water partition coefficient (Wildman–Crippen LogP) is 1.53. The molecule has 0 aliphatic carbocycles. The maximum Gasteiger partial charge on any atom is 0.274 e. The van der Waals surface area contributed by atoms with E-state index >= 15 is 0 Å². The summed E-state index contributed by atoms with van der Waals surface area (Å²) in [7, 11) is 1.62. The van der Waals surface area contributed by atoms with E-state index in [9.17, 15) is 9.35 Å². The highest BCUT2D eigenvalue weighted by atomic mass is 32.2. The van der Waals surface area contributed by atoms with Gasteiger partial charge in [0.25, 0.3) is 5.91 Å². The Morgan fingerprint density at radius 3 is 3.03 bits per heavy atom. The molecule has 148 valence electrons. The van der Waals surface area contributed by atoms with Gasteiger partial charge in [0.05, 0.1) is 30.6 Å². The van der Waals surface area contributed by atoms with Crippen LogP contribution in [0.4, 0.5) is 5.69 Å². The Morgan fingerprint density at radius 1 is 1.48 bits per heavy atom. The van der Waals surface area contributed by atoms with Crippen molar-refractivity contribution >= 4 is 28.9 Å². The van der Waals surface area contributed by atoms with Crippen LogP contribution in [0.3, 0.4) is 0 Å². The Morgan fingerprint density at radius 2 is 2.31 bits per heavy atom. The van der Waals surface area contributed by atoms with Gasteiger partial charge in [0.1, 0.15) is 23.6 Å². The smallest absolute Gasteiger partial charge is 0.274 e. The average Bonchev–Trinajstić information content (AvgIpc) is 2.91. The van der Waals surface area contributed by atoms with Gasteiger partial charge in [-0.25, -0.2) is 4.98 Å². The van der Waals surface area contributed by atoms with Gasteiger partial charge in [0.2, 0.25) is 5.96 Å². The molecule has 1 aromatic carbocycles. The number of aromatic nitrogens is 1. The molecule has 1 aromatic heterocycles. The van der Waals surface area contributed by atoms with Crippen LogP contribution in [0.2, 0.25) is 0 Å². The minimum atomic E-state index is -1.36. The lowest BCUT2D eigenvalue weighted by molar-refractivity contribution is 0.102. The number of nitrogens with one attached hydrogen (secondary N) is 3. The molecule has 3 atom stereocenters. The lowest BCUT2D eigenvalue weighted by Gasteiger charge is -2.38. The third-order valence-corrected chi connectivity index (χ3v) is 6.64. The normalized spacial score (nSPS) is 22.9. The van der Waals surface area contributed by atoms with Crippen LogP contribution >= 0.6 is 0 Å². The van der Waals surface area contributed by atoms with Crippen molar-refractivity contribution in [1.29, 1.82) is 10.7 Å². The number of fused-ring (bicyclic) bond motifs is 3. The number of hydrogen-bond donors (Lipinski definition) is 3. The topological polar surface area (TPSA) is 137 Å². The first-order valence-electron chi connectivity index (χ1n) is 8.91. The zero-order valence-corrected chi connectivity index (χ0v) is 16.3. The number of ether oxygens (including phenoxy) is 1. The van der Waals surface area contributed by atoms with Gasteiger partial charge in [-0.3, -0.25) is 10.2 Å². The summed E-state index contributed by atoms with van der Waals surface area (Å²) in [5, 5.41) is 22.5. The second-order valence-electron chi connectivity index (χ2n) is 6.67. The van der Waals surface area contributed by atoms with E-state index in [1.54, 1.807) is 25.2 Å². The number of guanidine groups is 1. The van der Waals surface area contributed by atoms with Crippen LogP contribution in [0.25, 0.3) is 0 Å². The van der Waals surface area contributed by atoms with Crippen molar-refractivity contribution in [1.82, 2.24) is 14.6 Å². The molecular formula is C19H18N6O3S. The minimum Gasteiger partial charge on any atom is -0.593 e. The lowest BCUT2D eigenvalue weighted by Crippen LogP contribution is -2.56. The van der Waals surface area contributed by atoms with E-state index in [2.05, 4.69) is 15.6 Å². The molecule has 2 aliphatic rings. The summed E-state index contributed by atoms with van der Waals surface area (Å²) in [5.41, 5.74) is 1.83. The monoisotopic (exact) mass is 410 g/mol. The van der Waals surface area contributed by atoms with Crippen LogP contribution in [-0.2, 0) is 11.4 Å². The van der Waals surface area contributed by atoms with Gasteiger partial charge in [-0.1, -0.05) is 0 Å². The first-order valence-corrected chi connectivity index (χ1v) is 10.1. The maximum absolute atomic E-state index is 12.7. The van der Waals surface area contributed by atoms with E-state index in [0.29, 0.717) is 30.0 Å². The Labute approximate surface area is 170 Å². The third kappa shape index (κ3) is 3.57.